The fraction of sp³-hybridized carbons (Fsp3) is 0.294. The maximum absolute atomic E-state index is 10.5. The van der Waals surface area contributed by atoms with Crippen molar-refractivity contribution in [1.82, 2.24) is 5.32 Å². The minimum Gasteiger partial charge on any atom is -1.00 e. The third-order valence-electron chi connectivity index (χ3n) is 3.37. The summed E-state index contributed by atoms with van der Waals surface area (Å²) < 4.78 is 0. The highest BCUT2D eigenvalue weighted by Gasteiger charge is 2.22. The van der Waals surface area contributed by atoms with Gasteiger partial charge < -0.3 is 22.8 Å². The summed E-state index contributed by atoms with van der Waals surface area (Å²) in [6, 6.07) is 17.6. The minimum atomic E-state index is -0.888. The molecule has 0 aliphatic heterocycles. The highest BCUT2D eigenvalue weighted by molar-refractivity contribution is 6.30. The maximum Gasteiger partial charge on any atom is 0.0992 e. The molecule has 2 aromatic rings. The first-order chi connectivity index (χ1) is 9.58. The van der Waals surface area contributed by atoms with Crippen molar-refractivity contribution < 1.29 is 17.5 Å². The Balaban J connectivity index is 0.00000220. The summed E-state index contributed by atoms with van der Waals surface area (Å²) in [5.41, 5.74) is 1.28. The van der Waals surface area contributed by atoms with Gasteiger partial charge >= 0.3 is 0 Å². The first-order valence-electron chi connectivity index (χ1n) is 6.81. The summed E-state index contributed by atoms with van der Waals surface area (Å²) in [5.74, 6) is 0. The summed E-state index contributed by atoms with van der Waals surface area (Å²) in [4.78, 5) is 0. The van der Waals surface area contributed by atoms with Crippen molar-refractivity contribution in [2.75, 3.05) is 13.1 Å². The topological polar surface area (TPSA) is 32.3 Å². The predicted molar refractivity (Wildman–Crippen MR) is 84.0 cm³/mol. The van der Waals surface area contributed by atoms with Crippen LogP contribution >= 0.6 is 11.6 Å². The van der Waals surface area contributed by atoms with Crippen LogP contribution in [0.4, 0.5) is 0 Å². The van der Waals surface area contributed by atoms with Crippen LogP contribution in [0.5, 0.6) is 0 Å². The number of hydrogen-bond acceptors (Lipinski definition) is 2. The molecular weight excluding hydrogens is 305 g/mol. The summed E-state index contributed by atoms with van der Waals surface area (Å²) in [6.07, 6.45) is 0.956. The molecule has 0 fully saturated rings. The fourth-order valence-corrected chi connectivity index (χ4v) is 2.25. The van der Waals surface area contributed by atoms with Crippen LogP contribution in [0.3, 0.4) is 0 Å². The van der Waals surface area contributed by atoms with Gasteiger partial charge in [0.15, 0.2) is 0 Å². The molecule has 0 amide bonds. The molecule has 4 heteroatoms. The van der Waals surface area contributed by atoms with E-state index in [4.69, 9.17) is 11.6 Å². The SMILES string of the molecule is CC(O)(CNCCc1ccccc1)c1ccc(Cl)cc1.[Cl-]. The van der Waals surface area contributed by atoms with E-state index in [0.29, 0.717) is 11.6 Å². The number of benzene rings is 2. The number of rotatable bonds is 6. The van der Waals surface area contributed by atoms with Crippen LogP contribution in [0.1, 0.15) is 18.1 Å². The molecule has 1 atom stereocenters. The number of nitrogens with one attached hydrogen (secondary N) is 1. The van der Waals surface area contributed by atoms with Crippen LogP contribution in [0, 0.1) is 0 Å². The van der Waals surface area contributed by atoms with Gasteiger partial charge in [0.2, 0.25) is 0 Å². The van der Waals surface area contributed by atoms with Gasteiger partial charge in [-0.3, -0.25) is 0 Å². The second-order valence-corrected chi connectivity index (χ2v) is 5.63. The number of aliphatic hydroxyl groups is 1. The molecule has 2 N–H and O–H groups in total. The summed E-state index contributed by atoms with van der Waals surface area (Å²) in [7, 11) is 0. The monoisotopic (exact) mass is 324 g/mol. The molecule has 2 rings (SSSR count). The Morgan fingerprint density at radius 1 is 1.05 bits per heavy atom. The lowest BCUT2D eigenvalue weighted by Crippen LogP contribution is -3.00. The van der Waals surface area contributed by atoms with Gasteiger partial charge in [0.25, 0.3) is 0 Å². The lowest BCUT2D eigenvalue weighted by atomic mass is 9.96. The summed E-state index contributed by atoms with van der Waals surface area (Å²) in [6.45, 7) is 3.17. The molecule has 0 aliphatic rings. The molecule has 2 aromatic carbocycles. The van der Waals surface area contributed by atoms with E-state index in [9.17, 15) is 5.11 Å². The van der Waals surface area contributed by atoms with Crippen molar-refractivity contribution in [3.05, 3.63) is 70.7 Å². The van der Waals surface area contributed by atoms with Crippen molar-refractivity contribution in [3.8, 4) is 0 Å². The molecule has 21 heavy (non-hydrogen) atoms. The molecule has 0 bridgehead atoms. The first-order valence-corrected chi connectivity index (χ1v) is 7.19. The average molecular weight is 325 g/mol. The molecule has 0 saturated carbocycles. The normalized spacial score (nSPS) is 13.3. The van der Waals surface area contributed by atoms with Crippen LogP contribution in [0.2, 0.25) is 5.02 Å². The number of hydrogen-bond donors (Lipinski definition) is 2. The van der Waals surface area contributed by atoms with E-state index in [0.717, 1.165) is 18.5 Å². The van der Waals surface area contributed by atoms with E-state index in [1.807, 2.05) is 37.3 Å². The second-order valence-electron chi connectivity index (χ2n) is 5.19. The van der Waals surface area contributed by atoms with E-state index in [1.54, 1.807) is 12.1 Å². The third-order valence-corrected chi connectivity index (χ3v) is 3.62. The first kappa shape index (κ1) is 18.0. The zero-order valence-corrected chi connectivity index (χ0v) is 13.5. The van der Waals surface area contributed by atoms with Gasteiger partial charge in [-0.15, -0.1) is 0 Å². The summed E-state index contributed by atoms with van der Waals surface area (Å²) in [5, 5.41) is 14.5. The Kier molecular flexibility index (Phi) is 7.20. The standard InChI is InChI=1S/C17H20ClNO.ClH/c1-17(20,15-7-9-16(18)10-8-15)13-19-12-11-14-5-3-2-4-6-14;/h2-10,19-20H,11-13H2,1H3;1H/p-1. The largest absolute Gasteiger partial charge is 1.00 e. The van der Waals surface area contributed by atoms with E-state index >= 15 is 0 Å². The molecule has 0 aliphatic carbocycles. The quantitative estimate of drug-likeness (QED) is 0.753. The molecule has 0 radical (unpaired) electrons. The van der Waals surface area contributed by atoms with Gasteiger partial charge in [-0.05, 0) is 43.1 Å². The Labute approximate surface area is 137 Å². The van der Waals surface area contributed by atoms with Gasteiger partial charge in [0, 0.05) is 11.6 Å². The van der Waals surface area contributed by atoms with Crippen LogP contribution in [-0.2, 0) is 12.0 Å². The van der Waals surface area contributed by atoms with Crippen molar-refractivity contribution in [1.29, 1.82) is 0 Å². The van der Waals surface area contributed by atoms with Crippen molar-refractivity contribution in [2.24, 2.45) is 0 Å². The van der Waals surface area contributed by atoms with Gasteiger partial charge in [0.1, 0.15) is 0 Å². The molecule has 2 nitrogen and oxygen atoms in total. The van der Waals surface area contributed by atoms with Gasteiger partial charge in [0.05, 0.1) is 5.60 Å². The molecule has 114 valence electrons. The maximum atomic E-state index is 10.5. The second kappa shape index (κ2) is 8.40. The predicted octanol–water partition coefficient (Wildman–Crippen LogP) is 0.384. The highest BCUT2D eigenvalue weighted by Crippen LogP contribution is 2.21. The van der Waals surface area contributed by atoms with Gasteiger partial charge in [-0.25, -0.2) is 0 Å². The van der Waals surface area contributed by atoms with Crippen molar-refractivity contribution in [3.63, 3.8) is 0 Å². The molecule has 0 aromatic heterocycles. The van der Waals surface area contributed by atoms with Crippen LogP contribution in [0.15, 0.2) is 54.6 Å². The third kappa shape index (κ3) is 5.68. The smallest absolute Gasteiger partial charge is 0.0992 e. The van der Waals surface area contributed by atoms with Gasteiger partial charge in [-0.2, -0.15) is 0 Å². The van der Waals surface area contributed by atoms with E-state index < -0.39 is 5.60 Å². The molecule has 1 unspecified atom stereocenters. The number of halogens is 2. The zero-order chi connectivity index (χ0) is 14.4. The fourth-order valence-electron chi connectivity index (χ4n) is 2.12. The van der Waals surface area contributed by atoms with E-state index in [2.05, 4.69) is 17.4 Å². The van der Waals surface area contributed by atoms with E-state index in [1.165, 1.54) is 5.56 Å². The van der Waals surface area contributed by atoms with E-state index in [-0.39, 0.29) is 12.4 Å². The highest BCUT2D eigenvalue weighted by atomic mass is 35.5. The lowest BCUT2D eigenvalue weighted by molar-refractivity contribution is -0.0000113. The Bertz CT molecular complexity index is 526. The molecule has 0 saturated heterocycles. The summed E-state index contributed by atoms with van der Waals surface area (Å²) >= 11 is 5.86. The van der Waals surface area contributed by atoms with Crippen LogP contribution in [0.25, 0.3) is 0 Å². The average Bonchev–Trinajstić information content (AvgIpc) is 2.45. The molecule has 0 spiro atoms. The zero-order valence-electron chi connectivity index (χ0n) is 12.0. The van der Waals surface area contributed by atoms with Gasteiger partial charge in [-0.1, -0.05) is 54.1 Å². The Morgan fingerprint density at radius 2 is 1.67 bits per heavy atom. The lowest BCUT2D eigenvalue weighted by Gasteiger charge is -2.24. The Morgan fingerprint density at radius 3 is 2.29 bits per heavy atom. The molecular formula is C17H20Cl2NO-. The minimum absolute atomic E-state index is 0. The Hall–Kier alpha value is -1.06. The molecule has 0 heterocycles. The van der Waals surface area contributed by atoms with Crippen LogP contribution < -0.4 is 17.7 Å². The van der Waals surface area contributed by atoms with Crippen molar-refractivity contribution >= 4 is 11.6 Å². The van der Waals surface area contributed by atoms with Crippen molar-refractivity contribution in [2.45, 2.75) is 18.9 Å². The van der Waals surface area contributed by atoms with Crippen LogP contribution in [-0.4, -0.2) is 18.2 Å².